The van der Waals surface area contributed by atoms with Crippen molar-refractivity contribution in [2.75, 3.05) is 4.43 Å². The van der Waals surface area contributed by atoms with Crippen molar-refractivity contribution >= 4 is 22.6 Å². The SMILES string of the molecule is C/C=C\CC[C@@H](N)CI. The van der Waals surface area contributed by atoms with Crippen LogP contribution < -0.4 is 5.73 Å². The van der Waals surface area contributed by atoms with Crippen molar-refractivity contribution < 1.29 is 0 Å². The number of hydrogen-bond donors (Lipinski definition) is 1. The molecule has 0 spiro atoms. The maximum Gasteiger partial charge on any atom is 0.0147 e. The Balaban J connectivity index is 3.06. The fourth-order valence-electron chi connectivity index (χ4n) is 0.554. The molecule has 1 atom stereocenters. The third kappa shape index (κ3) is 6.31. The van der Waals surface area contributed by atoms with Gasteiger partial charge in [-0.1, -0.05) is 34.7 Å². The molecule has 0 saturated heterocycles. The van der Waals surface area contributed by atoms with Gasteiger partial charge in [0.05, 0.1) is 0 Å². The minimum atomic E-state index is 0.391. The van der Waals surface area contributed by atoms with Crippen molar-refractivity contribution in [1.82, 2.24) is 0 Å². The molecule has 2 N–H and O–H groups in total. The minimum absolute atomic E-state index is 0.391. The van der Waals surface area contributed by atoms with Crippen molar-refractivity contribution in [2.45, 2.75) is 25.8 Å². The molecule has 2 heteroatoms. The average Bonchev–Trinajstić information content (AvgIpc) is 1.89. The van der Waals surface area contributed by atoms with Crippen molar-refractivity contribution in [3.63, 3.8) is 0 Å². The Hall–Kier alpha value is 0.430. The molecule has 0 rings (SSSR count). The summed E-state index contributed by atoms with van der Waals surface area (Å²) in [5.41, 5.74) is 5.67. The largest absolute Gasteiger partial charge is 0.327 e. The highest BCUT2D eigenvalue weighted by Crippen LogP contribution is 1.98. The number of rotatable bonds is 4. The van der Waals surface area contributed by atoms with Crippen LogP contribution in [0.4, 0.5) is 0 Å². The topological polar surface area (TPSA) is 26.0 Å². The molecule has 0 radical (unpaired) electrons. The van der Waals surface area contributed by atoms with E-state index >= 15 is 0 Å². The summed E-state index contributed by atoms with van der Waals surface area (Å²) in [7, 11) is 0. The first-order valence-corrected chi connectivity index (χ1v) is 4.76. The van der Waals surface area contributed by atoms with E-state index in [4.69, 9.17) is 5.73 Å². The van der Waals surface area contributed by atoms with Crippen LogP contribution in [0.15, 0.2) is 12.2 Å². The normalized spacial score (nSPS) is 14.6. The second-order valence-corrected chi connectivity index (χ2v) is 2.94. The van der Waals surface area contributed by atoms with Crippen molar-refractivity contribution in [2.24, 2.45) is 5.73 Å². The molecule has 0 fully saturated rings. The van der Waals surface area contributed by atoms with Crippen LogP contribution in [0.5, 0.6) is 0 Å². The van der Waals surface area contributed by atoms with Crippen LogP contribution in [0, 0.1) is 0 Å². The molecule has 54 valence electrons. The molecule has 0 aliphatic heterocycles. The van der Waals surface area contributed by atoms with E-state index in [-0.39, 0.29) is 0 Å². The molecule has 0 aliphatic carbocycles. The van der Waals surface area contributed by atoms with E-state index < -0.39 is 0 Å². The van der Waals surface area contributed by atoms with Gasteiger partial charge in [0.25, 0.3) is 0 Å². The van der Waals surface area contributed by atoms with Gasteiger partial charge in [0.2, 0.25) is 0 Å². The first kappa shape index (κ1) is 9.43. The molecule has 0 unspecified atom stereocenters. The lowest BCUT2D eigenvalue weighted by Crippen LogP contribution is -2.20. The van der Waals surface area contributed by atoms with Gasteiger partial charge in [-0.15, -0.1) is 0 Å². The quantitative estimate of drug-likeness (QED) is 0.454. The smallest absolute Gasteiger partial charge is 0.0147 e. The summed E-state index contributed by atoms with van der Waals surface area (Å²) < 4.78 is 1.06. The fourth-order valence-corrected chi connectivity index (χ4v) is 0.995. The summed E-state index contributed by atoms with van der Waals surface area (Å²) in [5, 5.41) is 0. The Bertz CT molecular complexity index is 81.0. The van der Waals surface area contributed by atoms with Crippen LogP contribution in [0.2, 0.25) is 0 Å². The van der Waals surface area contributed by atoms with Crippen LogP contribution >= 0.6 is 22.6 Å². The summed E-state index contributed by atoms with van der Waals surface area (Å²) in [6.45, 7) is 2.04. The molecule has 0 aromatic rings. The minimum Gasteiger partial charge on any atom is -0.327 e. The maximum atomic E-state index is 5.67. The van der Waals surface area contributed by atoms with E-state index in [0.717, 1.165) is 17.3 Å². The highest BCUT2D eigenvalue weighted by molar-refractivity contribution is 14.1. The van der Waals surface area contributed by atoms with Gasteiger partial charge in [-0.2, -0.15) is 0 Å². The first-order chi connectivity index (χ1) is 4.31. The Morgan fingerprint density at radius 3 is 2.78 bits per heavy atom. The fraction of sp³-hybridized carbons (Fsp3) is 0.714. The Morgan fingerprint density at radius 2 is 2.33 bits per heavy atom. The number of halogens is 1. The second-order valence-electron chi connectivity index (χ2n) is 2.06. The summed E-state index contributed by atoms with van der Waals surface area (Å²) in [6, 6.07) is 0.391. The summed E-state index contributed by atoms with van der Waals surface area (Å²) in [5.74, 6) is 0. The van der Waals surface area contributed by atoms with Gasteiger partial charge in [0.15, 0.2) is 0 Å². The van der Waals surface area contributed by atoms with E-state index in [2.05, 4.69) is 34.7 Å². The van der Waals surface area contributed by atoms with Crippen LogP contribution in [0.1, 0.15) is 19.8 Å². The first-order valence-electron chi connectivity index (χ1n) is 3.24. The molecule has 0 aromatic heterocycles. The number of hydrogen-bond acceptors (Lipinski definition) is 1. The Morgan fingerprint density at radius 1 is 1.67 bits per heavy atom. The zero-order valence-corrected chi connectivity index (χ0v) is 7.97. The molecular formula is C7H14IN. The monoisotopic (exact) mass is 239 g/mol. The lowest BCUT2D eigenvalue weighted by molar-refractivity contribution is 0.692. The van der Waals surface area contributed by atoms with E-state index in [1.165, 1.54) is 0 Å². The van der Waals surface area contributed by atoms with Crippen molar-refractivity contribution in [3.8, 4) is 0 Å². The maximum absolute atomic E-state index is 5.67. The standard InChI is InChI=1S/C7H14IN/c1-2-3-4-5-7(9)6-8/h2-3,7H,4-6,9H2,1H3/b3-2-/t7-/m1/s1. The van der Waals surface area contributed by atoms with Gasteiger partial charge in [0.1, 0.15) is 0 Å². The van der Waals surface area contributed by atoms with Crippen LogP contribution in [-0.2, 0) is 0 Å². The third-order valence-electron chi connectivity index (χ3n) is 1.14. The molecule has 0 aliphatic rings. The molecule has 1 nitrogen and oxygen atoms in total. The molecule has 9 heavy (non-hydrogen) atoms. The van der Waals surface area contributed by atoms with Gasteiger partial charge in [0, 0.05) is 10.5 Å². The summed E-state index contributed by atoms with van der Waals surface area (Å²) >= 11 is 2.32. The third-order valence-corrected chi connectivity index (χ3v) is 2.27. The Kier molecular flexibility index (Phi) is 6.86. The zero-order chi connectivity index (χ0) is 7.11. The van der Waals surface area contributed by atoms with Gasteiger partial charge < -0.3 is 5.73 Å². The van der Waals surface area contributed by atoms with Crippen LogP contribution in [0.3, 0.4) is 0 Å². The summed E-state index contributed by atoms with van der Waals surface area (Å²) in [4.78, 5) is 0. The molecule has 0 amide bonds. The molecular weight excluding hydrogens is 225 g/mol. The number of allylic oxidation sites excluding steroid dienone is 2. The Labute approximate surface area is 70.8 Å². The van der Waals surface area contributed by atoms with Gasteiger partial charge >= 0.3 is 0 Å². The molecule has 0 aromatic carbocycles. The number of nitrogens with two attached hydrogens (primary N) is 1. The van der Waals surface area contributed by atoms with Crippen molar-refractivity contribution in [3.05, 3.63) is 12.2 Å². The predicted molar refractivity (Wildman–Crippen MR) is 50.9 cm³/mol. The van der Waals surface area contributed by atoms with Gasteiger partial charge in [-0.05, 0) is 19.8 Å². The lowest BCUT2D eigenvalue weighted by Gasteiger charge is -2.02. The van der Waals surface area contributed by atoms with Crippen molar-refractivity contribution in [1.29, 1.82) is 0 Å². The summed E-state index contributed by atoms with van der Waals surface area (Å²) in [6.07, 6.45) is 6.47. The molecule has 0 saturated carbocycles. The van der Waals surface area contributed by atoms with E-state index in [1.54, 1.807) is 0 Å². The second kappa shape index (κ2) is 6.55. The highest BCUT2D eigenvalue weighted by atomic mass is 127. The number of alkyl halides is 1. The predicted octanol–water partition coefficient (Wildman–Crippen LogP) is 2.11. The van der Waals surface area contributed by atoms with E-state index in [1.807, 2.05) is 6.92 Å². The van der Waals surface area contributed by atoms with Crippen LogP contribution in [-0.4, -0.2) is 10.5 Å². The zero-order valence-electron chi connectivity index (χ0n) is 5.81. The molecule has 0 bridgehead atoms. The van der Waals surface area contributed by atoms with Gasteiger partial charge in [-0.3, -0.25) is 0 Å². The molecule has 0 heterocycles. The lowest BCUT2D eigenvalue weighted by atomic mass is 10.2. The van der Waals surface area contributed by atoms with Gasteiger partial charge in [-0.25, -0.2) is 0 Å². The average molecular weight is 239 g/mol. The van der Waals surface area contributed by atoms with E-state index in [9.17, 15) is 0 Å². The van der Waals surface area contributed by atoms with Crippen LogP contribution in [0.25, 0.3) is 0 Å². The highest BCUT2D eigenvalue weighted by Gasteiger charge is 1.95. The van der Waals surface area contributed by atoms with E-state index in [0.29, 0.717) is 6.04 Å².